The van der Waals surface area contributed by atoms with E-state index in [0.29, 0.717) is 11.4 Å². The van der Waals surface area contributed by atoms with Gasteiger partial charge in [-0.15, -0.1) is 0 Å². The highest BCUT2D eigenvalue weighted by atomic mass is 35.5. The average molecular weight is 386 g/mol. The number of halogens is 3. The summed E-state index contributed by atoms with van der Waals surface area (Å²) >= 11 is 4.76. The molecule has 0 amide bonds. The Morgan fingerprint density at radius 2 is 1.36 bits per heavy atom. The molecule has 2 rings (SSSR count). The molecule has 0 bridgehead atoms. The van der Waals surface area contributed by atoms with Crippen LogP contribution in [0.3, 0.4) is 0 Å². The van der Waals surface area contributed by atoms with Gasteiger partial charge in [-0.3, -0.25) is 0 Å². The molecule has 0 aliphatic heterocycles. The molecule has 0 aliphatic carbocycles. The zero-order chi connectivity index (χ0) is 18.6. The van der Waals surface area contributed by atoms with Crippen molar-refractivity contribution < 1.29 is 17.2 Å². The third-order valence-electron chi connectivity index (χ3n) is 3.18. The van der Waals surface area contributed by atoms with E-state index < -0.39 is 25.2 Å². The second-order valence-corrected chi connectivity index (χ2v) is 7.31. The maximum Gasteiger partial charge on any atom is 0.266 e. The summed E-state index contributed by atoms with van der Waals surface area (Å²) < 4.78 is 49.4. The summed E-state index contributed by atoms with van der Waals surface area (Å²) in [5.41, 5.74) is 1.97. The topological polar surface area (TPSA) is 62.1 Å². The van der Waals surface area contributed by atoms with Gasteiger partial charge in [-0.25, -0.2) is 8.42 Å². The van der Waals surface area contributed by atoms with Crippen molar-refractivity contribution in [1.82, 2.24) is 0 Å². The van der Waals surface area contributed by atoms with E-state index in [-0.39, 0.29) is 0 Å². The summed E-state index contributed by atoms with van der Waals surface area (Å²) in [7, 11) is -0.772. The molecule has 5 nitrogen and oxygen atoms in total. The predicted octanol–water partition coefficient (Wildman–Crippen LogP) is 5.25. The molecule has 25 heavy (non-hydrogen) atoms. The van der Waals surface area contributed by atoms with Gasteiger partial charge < -0.3 is 4.90 Å². The Hall–Kier alpha value is -2.32. The summed E-state index contributed by atoms with van der Waals surface area (Å²) in [6.07, 6.45) is 0. The van der Waals surface area contributed by atoms with Crippen LogP contribution in [0, 0.1) is 0 Å². The predicted molar refractivity (Wildman–Crippen MR) is 93.7 cm³/mol. The van der Waals surface area contributed by atoms with Crippen LogP contribution in [0.15, 0.2) is 74.1 Å². The number of azo groups is 1. The molecule has 0 radical (unpaired) electrons. The second kappa shape index (κ2) is 7.71. The normalized spacial score (nSPS) is 13.0. The summed E-state index contributed by atoms with van der Waals surface area (Å²) in [5, 5.41) is 4.05. The molecule has 0 fully saturated rings. The van der Waals surface area contributed by atoms with Gasteiger partial charge in [0.2, 0.25) is 15.1 Å². The van der Waals surface area contributed by atoms with Crippen LogP contribution in [0.5, 0.6) is 0 Å². The van der Waals surface area contributed by atoms with Crippen LogP contribution in [0.1, 0.15) is 0 Å². The third kappa shape index (κ3) is 4.61. The van der Waals surface area contributed by atoms with Gasteiger partial charge in [0.15, 0.2) is 0 Å². The van der Waals surface area contributed by atoms with Crippen LogP contribution in [0.25, 0.3) is 0 Å². The molecule has 0 unspecified atom stereocenters. The molecule has 0 spiro atoms. The summed E-state index contributed by atoms with van der Waals surface area (Å²) in [6.45, 7) is 0. The van der Waals surface area contributed by atoms with E-state index in [1.165, 1.54) is 12.1 Å². The molecule has 2 aromatic carbocycles. The summed E-state index contributed by atoms with van der Waals surface area (Å²) in [4.78, 5) is 1.51. The van der Waals surface area contributed by atoms with Crippen molar-refractivity contribution in [3.63, 3.8) is 0 Å². The van der Waals surface area contributed by atoms with E-state index in [9.17, 15) is 17.2 Å². The Kier molecular flexibility index (Phi) is 5.86. The fraction of sp³-hybridized carbons (Fsp3) is 0.125. The van der Waals surface area contributed by atoms with Crippen LogP contribution in [0.4, 0.5) is 25.8 Å². The molecule has 0 saturated heterocycles. The zero-order valence-electron chi connectivity index (χ0n) is 13.3. The number of anilines is 1. The third-order valence-corrected chi connectivity index (χ3v) is 5.00. The molecule has 132 valence electrons. The standard InChI is InChI=1S/C16H14ClF2N3O2S/c1-22(2)13-7-3-11(4-8-13)20-21-12-5-9-14(10-6-12)25(23,24)16(19)15(17)18/h3-10H,1-2H3/b16-15+,21-20?. The summed E-state index contributed by atoms with van der Waals surface area (Å²) in [6, 6.07) is 12.1. The fourth-order valence-corrected chi connectivity index (χ4v) is 3.04. The molecule has 9 heteroatoms. The minimum Gasteiger partial charge on any atom is -0.378 e. The van der Waals surface area contributed by atoms with Gasteiger partial charge in [-0.05, 0) is 60.1 Å². The maximum atomic E-state index is 13.3. The molecule has 0 N–H and O–H groups in total. The molecule has 0 saturated carbocycles. The number of hydrogen-bond donors (Lipinski definition) is 0. The zero-order valence-corrected chi connectivity index (χ0v) is 14.9. The lowest BCUT2D eigenvalue weighted by molar-refractivity contribution is 0.558. The van der Waals surface area contributed by atoms with E-state index >= 15 is 0 Å². The Balaban J connectivity index is 2.19. The van der Waals surface area contributed by atoms with Gasteiger partial charge in [-0.2, -0.15) is 19.0 Å². The molecule has 2 aromatic rings. The van der Waals surface area contributed by atoms with Crippen molar-refractivity contribution in [2.75, 3.05) is 19.0 Å². The van der Waals surface area contributed by atoms with Crippen LogP contribution in [-0.2, 0) is 9.84 Å². The van der Waals surface area contributed by atoms with Crippen LogP contribution < -0.4 is 4.90 Å². The Bertz CT molecular complexity index is 905. The number of nitrogens with zero attached hydrogens (tertiary/aromatic N) is 3. The SMILES string of the molecule is CN(C)c1ccc(N=Nc2ccc(S(=O)(=O)/C(F)=C(/F)Cl)cc2)cc1. The van der Waals surface area contributed by atoms with Crippen molar-refractivity contribution in [3.05, 3.63) is 59.0 Å². The van der Waals surface area contributed by atoms with Gasteiger partial charge in [0.1, 0.15) is 0 Å². The maximum absolute atomic E-state index is 13.3. The molecular weight excluding hydrogens is 372 g/mol. The lowest BCUT2D eigenvalue weighted by Gasteiger charge is -2.11. The van der Waals surface area contributed by atoms with E-state index in [2.05, 4.69) is 10.2 Å². The quantitative estimate of drug-likeness (QED) is 0.660. The van der Waals surface area contributed by atoms with Crippen molar-refractivity contribution in [1.29, 1.82) is 0 Å². The molecule has 0 atom stereocenters. The number of sulfone groups is 1. The largest absolute Gasteiger partial charge is 0.378 e. The fourth-order valence-electron chi connectivity index (χ4n) is 1.83. The number of benzene rings is 2. The van der Waals surface area contributed by atoms with E-state index in [0.717, 1.165) is 17.8 Å². The van der Waals surface area contributed by atoms with Crippen molar-refractivity contribution in [2.24, 2.45) is 10.2 Å². The molecule has 0 aromatic heterocycles. The van der Waals surface area contributed by atoms with Crippen molar-refractivity contribution >= 4 is 38.5 Å². The smallest absolute Gasteiger partial charge is 0.266 e. The minimum absolute atomic E-state index is 0.353. The lowest BCUT2D eigenvalue weighted by Crippen LogP contribution is -2.07. The van der Waals surface area contributed by atoms with Crippen molar-refractivity contribution in [2.45, 2.75) is 4.90 Å². The van der Waals surface area contributed by atoms with Gasteiger partial charge in [-0.1, -0.05) is 0 Å². The number of hydrogen-bond acceptors (Lipinski definition) is 5. The van der Waals surface area contributed by atoms with E-state index in [4.69, 9.17) is 11.6 Å². The first kappa shape index (κ1) is 19.0. The monoisotopic (exact) mass is 385 g/mol. The highest BCUT2D eigenvalue weighted by molar-refractivity contribution is 7.95. The first-order chi connectivity index (χ1) is 11.7. The van der Waals surface area contributed by atoms with E-state index in [1.54, 1.807) is 12.1 Å². The van der Waals surface area contributed by atoms with Gasteiger partial charge in [0.25, 0.3) is 5.16 Å². The minimum atomic E-state index is -4.61. The molecule has 0 aliphatic rings. The molecular formula is C16H14ClF2N3O2S. The second-order valence-electron chi connectivity index (χ2n) is 5.14. The lowest BCUT2D eigenvalue weighted by atomic mass is 10.3. The first-order valence-corrected chi connectivity index (χ1v) is 8.83. The Morgan fingerprint density at radius 1 is 0.920 bits per heavy atom. The number of rotatable bonds is 5. The van der Waals surface area contributed by atoms with E-state index in [1.807, 2.05) is 31.1 Å². The van der Waals surface area contributed by atoms with Crippen molar-refractivity contribution in [3.8, 4) is 0 Å². The van der Waals surface area contributed by atoms with Gasteiger partial charge in [0.05, 0.1) is 16.3 Å². The highest BCUT2D eigenvalue weighted by Gasteiger charge is 2.24. The first-order valence-electron chi connectivity index (χ1n) is 6.97. The highest BCUT2D eigenvalue weighted by Crippen LogP contribution is 2.27. The van der Waals surface area contributed by atoms with Gasteiger partial charge in [0, 0.05) is 19.8 Å². The summed E-state index contributed by atoms with van der Waals surface area (Å²) in [5.74, 6) is 0. The Morgan fingerprint density at radius 3 is 1.76 bits per heavy atom. The van der Waals surface area contributed by atoms with Crippen LogP contribution in [-0.4, -0.2) is 22.5 Å². The van der Waals surface area contributed by atoms with Crippen LogP contribution in [0.2, 0.25) is 0 Å². The molecule has 0 heterocycles. The average Bonchev–Trinajstić information content (AvgIpc) is 2.59. The Labute approximate surface area is 149 Å². The van der Waals surface area contributed by atoms with Crippen LogP contribution >= 0.6 is 11.6 Å². The van der Waals surface area contributed by atoms with Gasteiger partial charge >= 0.3 is 0 Å².